The predicted molar refractivity (Wildman–Crippen MR) is 109 cm³/mol. The molecule has 3 heterocycles. The first-order valence-electron chi connectivity index (χ1n) is 10.1. The van der Waals surface area contributed by atoms with Gasteiger partial charge in [-0.3, -0.25) is 0 Å². The normalized spacial score (nSPS) is 27.3. The third-order valence-electron chi connectivity index (χ3n) is 6.36. The molecule has 5 rings (SSSR count). The van der Waals surface area contributed by atoms with Crippen molar-refractivity contribution >= 4 is 11.0 Å². The first kappa shape index (κ1) is 18.5. The number of benzene rings is 1. The van der Waals surface area contributed by atoms with Crippen LogP contribution in [0.4, 0.5) is 0 Å². The molecule has 7 heteroatoms. The molecule has 4 atom stereocenters. The first-order valence-corrected chi connectivity index (χ1v) is 10.1. The summed E-state index contributed by atoms with van der Waals surface area (Å²) < 4.78 is 8.23. The molecule has 0 amide bonds. The van der Waals surface area contributed by atoms with Gasteiger partial charge in [0.15, 0.2) is 0 Å². The Bertz CT molecular complexity index is 1050. The van der Waals surface area contributed by atoms with Crippen LogP contribution in [0.25, 0.3) is 11.0 Å². The average molecular weight is 394 g/mol. The molecular weight excluding hydrogens is 368 g/mol. The lowest BCUT2D eigenvalue weighted by Gasteiger charge is -2.28. The van der Waals surface area contributed by atoms with Crippen molar-refractivity contribution in [2.75, 3.05) is 13.6 Å². The Labute approximate surface area is 169 Å². The summed E-state index contributed by atoms with van der Waals surface area (Å²) in [4.78, 5) is 10.9. The van der Waals surface area contributed by atoms with Crippen LogP contribution in [0, 0.1) is 6.92 Å². The molecule has 1 saturated carbocycles. The molecule has 0 spiro atoms. The van der Waals surface area contributed by atoms with Gasteiger partial charge in [0.1, 0.15) is 36.0 Å². The Morgan fingerprint density at radius 1 is 1.14 bits per heavy atom. The Morgan fingerprint density at radius 2 is 2.00 bits per heavy atom. The number of aliphatic hydroxyl groups is 2. The fraction of sp³-hybridized carbons (Fsp3) is 0.455. The number of ether oxygens (including phenoxy) is 1. The van der Waals surface area contributed by atoms with Gasteiger partial charge in [-0.15, -0.1) is 0 Å². The minimum Gasteiger partial charge on any atom is -0.487 e. The van der Waals surface area contributed by atoms with Crippen molar-refractivity contribution in [2.24, 2.45) is 0 Å². The molecule has 3 aromatic rings. The van der Waals surface area contributed by atoms with Gasteiger partial charge < -0.3 is 24.4 Å². The molecule has 0 unspecified atom stereocenters. The van der Waals surface area contributed by atoms with E-state index in [2.05, 4.69) is 28.0 Å². The molecular formula is C22H26N4O3. The quantitative estimate of drug-likeness (QED) is 0.705. The van der Waals surface area contributed by atoms with Gasteiger partial charge in [-0.05, 0) is 38.1 Å². The van der Waals surface area contributed by atoms with Crippen LogP contribution in [0.2, 0.25) is 0 Å². The second-order valence-electron chi connectivity index (χ2n) is 8.24. The van der Waals surface area contributed by atoms with Crippen molar-refractivity contribution in [3.63, 3.8) is 0 Å². The first-order chi connectivity index (χ1) is 14.0. The standard InChI is InChI=1S/C22H26N4O3/c1-13-15-7-9-26(22(15)24-12-23-13)17-10-19(21(28)20(17)27)29-18-5-3-4-14-6-8-25(2)11-16(14)18/h3-5,7,9,12,17,19-21,27-28H,6,8,10-11H2,1-2H3/t17-,19+,20+,21-/m1/s1. The molecule has 152 valence electrons. The van der Waals surface area contributed by atoms with Crippen molar-refractivity contribution in [2.45, 2.75) is 50.7 Å². The Balaban J connectivity index is 1.43. The van der Waals surface area contributed by atoms with Gasteiger partial charge in [0, 0.05) is 36.7 Å². The summed E-state index contributed by atoms with van der Waals surface area (Å²) in [7, 11) is 2.10. The summed E-state index contributed by atoms with van der Waals surface area (Å²) in [5, 5.41) is 22.5. The highest BCUT2D eigenvalue weighted by molar-refractivity contribution is 5.78. The van der Waals surface area contributed by atoms with E-state index in [4.69, 9.17) is 4.74 Å². The number of hydrogen-bond acceptors (Lipinski definition) is 6. The van der Waals surface area contributed by atoms with Crippen molar-refractivity contribution in [1.29, 1.82) is 0 Å². The topological polar surface area (TPSA) is 83.6 Å². The van der Waals surface area contributed by atoms with Gasteiger partial charge in [0.05, 0.1) is 11.7 Å². The van der Waals surface area contributed by atoms with Gasteiger partial charge in [0.25, 0.3) is 0 Å². The fourth-order valence-electron chi connectivity index (χ4n) is 4.68. The zero-order chi connectivity index (χ0) is 20.1. The Morgan fingerprint density at radius 3 is 2.86 bits per heavy atom. The van der Waals surface area contributed by atoms with E-state index in [0.29, 0.717) is 6.42 Å². The second-order valence-corrected chi connectivity index (χ2v) is 8.24. The van der Waals surface area contributed by atoms with Gasteiger partial charge in [-0.2, -0.15) is 0 Å². The molecule has 2 aromatic heterocycles. The zero-order valence-corrected chi connectivity index (χ0v) is 16.7. The van der Waals surface area contributed by atoms with Crippen LogP contribution in [-0.4, -0.2) is 61.6 Å². The molecule has 0 saturated heterocycles. The molecule has 1 aromatic carbocycles. The van der Waals surface area contributed by atoms with Crippen molar-refractivity contribution < 1.29 is 14.9 Å². The van der Waals surface area contributed by atoms with E-state index in [0.717, 1.165) is 42.0 Å². The minimum absolute atomic E-state index is 0.302. The highest BCUT2D eigenvalue weighted by atomic mass is 16.5. The molecule has 2 aliphatic rings. The maximum atomic E-state index is 10.8. The minimum atomic E-state index is -0.961. The fourth-order valence-corrected chi connectivity index (χ4v) is 4.68. The van der Waals surface area contributed by atoms with Gasteiger partial charge in [-0.25, -0.2) is 9.97 Å². The summed E-state index contributed by atoms with van der Waals surface area (Å²) in [6, 6.07) is 7.77. The highest BCUT2D eigenvalue weighted by Crippen LogP contribution is 2.37. The lowest BCUT2D eigenvalue weighted by atomic mass is 9.99. The molecule has 29 heavy (non-hydrogen) atoms. The van der Waals surface area contributed by atoms with Crippen LogP contribution >= 0.6 is 0 Å². The number of rotatable bonds is 3. The molecule has 1 aliphatic heterocycles. The molecule has 1 fully saturated rings. The molecule has 2 N–H and O–H groups in total. The van der Waals surface area contributed by atoms with E-state index in [9.17, 15) is 10.2 Å². The third kappa shape index (κ3) is 3.10. The van der Waals surface area contributed by atoms with E-state index in [1.807, 2.05) is 35.9 Å². The number of fused-ring (bicyclic) bond motifs is 2. The van der Waals surface area contributed by atoms with E-state index in [1.165, 1.54) is 17.5 Å². The van der Waals surface area contributed by atoms with Gasteiger partial charge in [0.2, 0.25) is 0 Å². The van der Waals surface area contributed by atoms with Crippen LogP contribution in [0.5, 0.6) is 5.75 Å². The van der Waals surface area contributed by atoms with Gasteiger partial charge in [-0.1, -0.05) is 12.1 Å². The van der Waals surface area contributed by atoms with E-state index in [1.54, 1.807) is 0 Å². The lowest BCUT2D eigenvalue weighted by molar-refractivity contribution is -0.0167. The number of likely N-dealkylation sites (N-methyl/N-ethyl adjacent to an activating group) is 1. The van der Waals surface area contributed by atoms with Crippen LogP contribution in [0.1, 0.15) is 29.3 Å². The predicted octanol–water partition coefficient (Wildman–Crippen LogP) is 1.84. The monoisotopic (exact) mass is 394 g/mol. The van der Waals surface area contributed by atoms with Crippen molar-refractivity contribution in [3.8, 4) is 5.75 Å². The lowest BCUT2D eigenvalue weighted by Crippen LogP contribution is -2.35. The smallest absolute Gasteiger partial charge is 0.143 e. The second kappa shape index (κ2) is 7.09. The number of aromatic nitrogens is 3. The number of aryl methyl sites for hydroxylation is 1. The van der Waals surface area contributed by atoms with E-state index in [-0.39, 0.29) is 6.04 Å². The maximum absolute atomic E-state index is 10.8. The van der Waals surface area contributed by atoms with Crippen LogP contribution < -0.4 is 4.74 Å². The van der Waals surface area contributed by atoms with Crippen molar-refractivity contribution in [1.82, 2.24) is 19.4 Å². The van der Waals surface area contributed by atoms with Crippen LogP contribution in [0.3, 0.4) is 0 Å². The third-order valence-corrected chi connectivity index (χ3v) is 6.36. The maximum Gasteiger partial charge on any atom is 0.143 e. The average Bonchev–Trinajstić information content (AvgIpc) is 3.26. The van der Waals surface area contributed by atoms with Crippen LogP contribution in [0.15, 0.2) is 36.8 Å². The SMILES string of the molecule is Cc1ncnc2c1ccn2[C@@H]1C[C@H](Oc2cccc3c2CN(C)CC3)[C@@H](O)[C@H]1O. The highest BCUT2D eigenvalue weighted by Gasteiger charge is 2.44. The van der Waals surface area contributed by atoms with Gasteiger partial charge >= 0.3 is 0 Å². The van der Waals surface area contributed by atoms with Crippen LogP contribution in [-0.2, 0) is 13.0 Å². The van der Waals surface area contributed by atoms with Crippen molar-refractivity contribution in [3.05, 3.63) is 53.6 Å². The summed E-state index contributed by atoms with van der Waals surface area (Å²) in [6.07, 6.45) is 2.59. The number of hydrogen-bond donors (Lipinski definition) is 2. The Kier molecular flexibility index (Phi) is 4.53. The number of aliphatic hydroxyl groups excluding tert-OH is 2. The molecule has 0 radical (unpaired) electrons. The summed E-state index contributed by atoms with van der Waals surface area (Å²) >= 11 is 0. The summed E-state index contributed by atoms with van der Waals surface area (Å²) in [5.41, 5.74) is 4.15. The molecule has 7 nitrogen and oxygen atoms in total. The largest absolute Gasteiger partial charge is 0.487 e. The Hall–Kier alpha value is -2.48. The number of nitrogens with zero attached hydrogens (tertiary/aromatic N) is 4. The zero-order valence-electron chi connectivity index (χ0n) is 16.7. The van der Waals surface area contributed by atoms with E-state index >= 15 is 0 Å². The summed E-state index contributed by atoms with van der Waals surface area (Å²) in [6.45, 7) is 3.81. The molecule has 1 aliphatic carbocycles. The summed E-state index contributed by atoms with van der Waals surface area (Å²) in [5.74, 6) is 0.807. The molecule has 0 bridgehead atoms. The van der Waals surface area contributed by atoms with E-state index < -0.39 is 18.3 Å².